The molecule has 0 N–H and O–H groups in total. The summed E-state index contributed by atoms with van der Waals surface area (Å²) in [7, 11) is 5.94. The maximum atomic E-state index is 13.0. The third-order valence-corrected chi connectivity index (χ3v) is 5.03. The van der Waals surface area contributed by atoms with Crippen LogP contribution in [-0.2, 0) is 11.2 Å². The maximum Gasteiger partial charge on any atom is 0.227 e. The molecule has 1 aliphatic carbocycles. The number of hydrogen-bond acceptors (Lipinski definition) is 3. The number of methoxy groups -OCH3 is 1. The van der Waals surface area contributed by atoms with Gasteiger partial charge in [-0.25, -0.2) is 0 Å². The predicted molar refractivity (Wildman–Crippen MR) is 98.4 cm³/mol. The van der Waals surface area contributed by atoms with Crippen molar-refractivity contribution in [2.75, 3.05) is 27.7 Å². The zero-order valence-corrected chi connectivity index (χ0v) is 15.6. The Morgan fingerprint density at radius 3 is 2.54 bits per heavy atom. The van der Waals surface area contributed by atoms with Crippen LogP contribution in [0.5, 0.6) is 5.75 Å². The molecule has 0 bridgehead atoms. The highest BCUT2D eigenvalue weighted by Gasteiger charge is 2.33. The van der Waals surface area contributed by atoms with Crippen LogP contribution in [0, 0.1) is 0 Å². The van der Waals surface area contributed by atoms with Gasteiger partial charge in [0.15, 0.2) is 0 Å². The van der Waals surface area contributed by atoms with Crippen LogP contribution < -0.4 is 4.74 Å². The number of carbonyl (C=O) groups is 1. The Bertz CT molecular complexity index is 530. The molecule has 1 saturated carbocycles. The van der Waals surface area contributed by atoms with Gasteiger partial charge in [-0.3, -0.25) is 4.79 Å². The highest BCUT2D eigenvalue weighted by Crippen LogP contribution is 2.27. The fourth-order valence-electron chi connectivity index (χ4n) is 3.83. The zero-order valence-electron chi connectivity index (χ0n) is 15.6. The van der Waals surface area contributed by atoms with Crippen LogP contribution in [0.2, 0.25) is 0 Å². The second-order valence-electron chi connectivity index (χ2n) is 7.00. The highest BCUT2D eigenvalue weighted by atomic mass is 16.5. The lowest BCUT2D eigenvalue weighted by molar-refractivity contribution is -0.135. The van der Waals surface area contributed by atoms with Crippen molar-refractivity contribution < 1.29 is 9.53 Å². The number of likely N-dealkylation sites (N-methyl/N-ethyl adjacent to an activating group) is 1. The van der Waals surface area contributed by atoms with Crippen LogP contribution in [0.25, 0.3) is 0 Å². The van der Waals surface area contributed by atoms with E-state index in [1.807, 2.05) is 24.3 Å². The van der Waals surface area contributed by atoms with Crippen molar-refractivity contribution >= 4 is 5.91 Å². The van der Waals surface area contributed by atoms with E-state index in [9.17, 15) is 4.79 Å². The Morgan fingerprint density at radius 1 is 1.21 bits per heavy atom. The molecule has 0 spiro atoms. The molecule has 2 atom stereocenters. The van der Waals surface area contributed by atoms with Gasteiger partial charge in [0.25, 0.3) is 0 Å². The molecule has 1 fully saturated rings. The van der Waals surface area contributed by atoms with Gasteiger partial charge in [0.1, 0.15) is 5.75 Å². The van der Waals surface area contributed by atoms with Gasteiger partial charge in [-0.1, -0.05) is 31.9 Å². The van der Waals surface area contributed by atoms with Gasteiger partial charge in [-0.05, 0) is 51.1 Å². The van der Waals surface area contributed by atoms with Crippen LogP contribution in [-0.4, -0.2) is 55.5 Å². The number of hydrogen-bond donors (Lipinski definition) is 0. The highest BCUT2D eigenvalue weighted by molar-refractivity contribution is 5.79. The second kappa shape index (κ2) is 9.07. The molecule has 0 heterocycles. The Labute approximate surface area is 146 Å². The predicted octanol–water partition coefficient (Wildman–Crippen LogP) is 3.35. The number of nitrogens with zero attached hydrogens (tertiary/aromatic N) is 2. The summed E-state index contributed by atoms with van der Waals surface area (Å²) in [6, 6.07) is 8.66. The Kier molecular flexibility index (Phi) is 7.10. The molecule has 134 valence electrons. The van der Waals surface area contributed by atoms with Crippen LogP contribution in [0.3, 0.4) is 0 Å². The van der Waals surface area contributed by atoms with Crippen molar-refractivity contribution in [1.29, 1.82) is 0 Å². The lowest BCUT2D eigenvalue weighted by atomic mass is 9.88. The Balaban J connectivity index is 2.14. The molecule has 0 radical (unpaired) electrons. The molecule has 0 saturated heterocycles. The number of carbonyl (C=O) groups excluding carboxylic acids is 1. The van der Waals surface area contributed by atoms with Crippen molar-refractivity contribution in [3.8, 4) is 5.75 Å². The first-order valence-corrected chi connectivity index (χ1v) is 9.15. The van der Waals surface area contributed by atoms with Gasteiger partial charge in [0.2, 0.25) is 5.91 Å². The van der Waals surface area contributed by atoms with Crippen molar-refractivity contribution in [3.63, 3.8) is 0 Å². The smallest absolute Gasteiger partial charge is 0.227 e. The summed E-state index contributed by atoms with van der Waals surface area (Å²) < 4.78 is 5.28. The summed E-state index contributed by atoms with van der Waals surface area (Å²) in [5.41, 5.74) is 1.03. The molecule has 24 heavy (non-hydrogen) atoms. The number of ether oxygens (including phenoxy) is 1. The SMILES string of the molecule is CCCN(C(=O)Cc1cccc(OC)c1)C1CCCCC1N(C)C. The lowest BCUT2D eigenvalue weighted by Crippen LogP contribution is -2.53. The molecule has 1 aliphatic rings. The number of benzene rings is 1. The molecular weight excluding hydrogens is 300 g/mol. The fourth-order valence-corrected chi connectivity index (χ4v) is 3.83. The molecule has 1 aromatic carbocycles. The summed E-state index contributed by atoms with van der Waals surface area (Å²) in [6.07, 6.45) is 6.25. The molecule has 0 aliphatic heterocycles. The van der Waals surface area contributed by atoms with E-state index < -0.39 is 0 Å². The van der Waals surface area contributed by atoms with Gasteiger partial charge in [-0.2, -0.15) is 0 Å². The first-order chi connectivity index (χ1) is 11.6. The van der Waals surface area contributed by atoms with E-state index in [0.29, 0.717) is 18.5 Å². The molecule has 1 aromatic rings. The molecule has 4 nitrogen and oxygen atoms in total. The number of rotatable bonds is 7. The van der Waals surface area contributed by atoms with Crippen molar-refractivity contribution in [2.24, 2.45) is 0 Å². The van der Waals surface area contributed by atoms with E-state index in [2.05, 4.69) is 30.8 Å². The van der Waals surface area contributed by atoms with Gasteiger partial charge in [0.05, 0.1) is 13.5 Å². The largest absolute Gasteiger partial charge is 0.497 e. The average molecular weight is 332 g/mol. The summed E-state index contributed by atoms with van der Waals surface area (Å²) in [5.74, 6) is 1.05. The minimum absolute atomic E-state index is 0.240. The third kappa shape index (κ3) is 4.73. The average Bonchev–Trinajstić information content (AvgIpc) is 2.59. The summed E-state index contributed by atoms with van der Waals surface area (Å²) in [6.45, 7) is 3.00. The molecule has 1 amide bonds. The van der Waals surface area contributed by atoms with Gasteiger partial charge in [-0.15, -0.1) is 0 Å². The van der Waals surface area contributed by atoms with E-state index in [0.717, 1.165) is 30.7 Å². The molecule has 2 unspecified atom stereocenters. The van der Waals surface area contributed by atoms with Crippen molar-refractivity contribution in [2.45, 2.75) is 57.5 Å². The minimum Gasteiger partial charge on any atom is -0.497 e. The topological polar surface area (TPSA) is 32.8 Å². The number of amides is 1. The first-order valence-electron chi connectivity index (χ1n) is 9.15. The third-order valence-electron chi connectivity index (χ3n) is 5.03. The van der Waals surface area contributed by atoms with Crippen molar-refractivity contribution in [1.82, 2.24) is 9.80 Å². The molecule has 4 heteroatoms. The second-order valence-corrected chi connectivity index (χ2v) is 7.00. The van der Waals surface area contributed by atoms with Crippen LogP contribution >= 0.6 is 0 Å². The summed E-state index contributed by atoms with van der Waals surface area (Å²) in [5, 5.41) is 0. The van der Waals surface area contributed by atoms with E-state index in [1.165, 1.54) is 19.3 Å². The summed E-state index contributed by atoms with van der Waals surface area (Å²) >= 11 is 0. The van der Waals surface area contributed by atoms with Crippen LogP contribution in [0.4, 0.5) is 0 Å². The van der Waals surface area contributed by atoms with E-state index in [1.54, 1.807) is 7.11 Å². The van der Waals surface area contributed by atoms with Crippen LogP contribution in [0.1, 0.15) is 44.6 Å². The standard InChI is InChI=1S/C20H32N2O2/c1-5-13-22(19-12-7-6-11-18(19)21(2)3)20(23)15-16-9-8-10-17(14-16)24-4/h8-10,14,18-19H,5-7,11-13,15H2,1-4H3. The van der Waals surface area contributed by atoms with Crippen molar-refractivity contribution in [3.05, 3.63) is 29.8 Å². The molecule has 0 aromatic heterocycles. The minimum atomic E-state index is 0.240. The fraction of sp³-hybridized carbons (Fsp3) is 0.650. The molecular formula is C20H32N2O2. The van der Waals surface area contributed by atoms with Crippen LogP contribution in [0.15, 0.2) is 24.3 Å². The Morgan fingerprint density at radius 2 is 1.92 bits per heavy atom. The van der Waals surface area contributed by atoms with Gasteiger partial charge < -0.3 is 14.5 Å². The quantitative estimate of drug-likeness (QED) is 0.768. The normalized spacial score (nSPS) is 20.9. The zero-order chi connectivity index (χ0) is 17.5. The lowest BCUT2D eigenvalue weighted by Gasteiger charge is -2.43. The first kappa shape index (κ1) is 18.8. The Hall–Kier alpha value is -1.55. The molecule has 2 rings (SSSR count). The van der Waals surface area contributed by atoms with E-state index in [4.69, 9.17) is 4.74 Å². The van der Waals surface area contributed by atoms with E-state index in [-0.39, 0.29) is 5.91 Å². The van der Waals surface area contributed by atoms with E-state index >= 15 is 0 Å². The van der Waals surface area contributed by atoms with Gasteiger partial charge >= 0.3 is 0 Å². The summed E-state index contributed by atoms with van der Waals surface area (Å²) in [4.78, 5) is 17.5. The maximum absolute atomic E-state index is 13.0. The monoisotopic (exact) mass is 332 g/mol. The van der Waals surface area contributed by atoms with Gasteiger partial charge in [0, 0.05) is 18.6 Å².